The van der Waals surface area contributed by atoms with Crippen LogP contribution in [0.1, 0.15) is 19.8 Å². The van der Waals surface area contributed by atoms with E-state index in [2.05, 4.69) is 15.6 Å². The molecular weight excluding hydrogens is 449 g/mol. The fourth-order valence-electron chi connectivity index (χ4n) is 2.12. The number of methoxy groups -OCH3 is 2. The molecule has 0 aromatic heterocycles. The zero-order chi connectivity index (χ0) is 18.3. The fraction of sp³-hybridized carbons (Fsp3) is 0.611. The highest BCUT2D eigenvalue weighted by molar-refractivity contribution is 14.0. The maximum absolute atomic E-state index is 5.52. The van der Waals surface area contributed by atoms with Crippen LogP contribution in [-0.2, 0) is 9.47 Å². The van der Waals surface area contributed by atoms with Gasteiger partial charge in [-0.25, -0.2) is 0 Å². The first kappa shape index (κ1) is 24.7. The van der Waals surface area contributed by atoms with Crippen LogP contribution in [0.25, 0.3) is 0 Å². The number of anilines is 1. The number of hydrogen-bond acceptors (Lipinski definition) is 5. The lowest BCUT2D eigenvalue weighted by molar-refractivity contribution is 0.0689. The topological polar surface area (TPSA) is 73.3 Å². The molecule has 2 N–H and O–H groups in total. The third kappa shape index (κ3) is 10.0. The van der Waals surface area contributed by atoms with E-state index < -0.39 is 0 Å². The largest absolute Gasteiger partial charge is 0.493 e. The average molecular weight is 481 g/mol. The molecule has 0 unspecified atom stereocenters. The molecule has 1 aromatic rings. The van der Waals surface area contributed by atoms with E-state index in [1.54, 1.807) is 21.3 Å². The lowest BCUT2D eigenvalue weighted by Crippen LogP contribution is -2.31. The molecule has 26 heavy (non-hydrogen) atoms. The molecule has 0 heterocycles. The summed E-state index contributed by atoms with van der Waals surface area (Å²) in [5.41, 5.74) is 0.885. The number of rotatable bonds is 12. The van der Waals surface area contributed by atoms with E-state index in [9.17, 15) is 0 Å². The summed E-state index contributed by atoms with van der Waals surface area (Å²) >= 11 is 0. The second-order valence-corrected chi connectivity index (χ2v) is 5.23. The van der Waals surface area contributed by atoms with Crippen LogP contribution in [0.4, 0.5) is 5.69 Å². The van der Waals surface area contributed by atoms with Crippen LogP contribution in [0.2, 0.25) is 0 Å². The first-order chi connectivity index (χ1) is 12.2. The van der Waals surface area contributed by atoms with Crippen LogP contribution in [0.15, 0.2) is 23.2 Å². The Bertz CT molecular complexity index is 515. The third-order valence-electron chi connectivity index (χ3n) is 3.39. The number of hydrogen-bond donors (Lipinski definition) is 2. The van der Waals surface area contributed by atoms with Gasteiger partial charge in [-0.2, -0.15) is 0 Å². The van der Waals surface area contributed by atoms with Gasteiger partial charge in [0.15, 0.2) is 17.5 Å². The first-order valence-corrected chi connectivity index (χ1v) is 8.60. The van der Waals surface area contributed by atoms with Crippen molar-refractivity contribution in [2.75, 3.05) is 59.6 Å². The summed E-state index contributed by atoms with van der Waals surface area (Å²) in [6, 6.07) is 5.71. The van der Waals surface area contributed by atoms with Gasteiger partial charge in [0.1, 0.15) is 0 Å². The minimum Gasteiger partial charge on any atom is -0.493 e. The van der Waals surface area contributed by atoms with Crippen molar-refractivity contribution in [1.29, 1.82) is 0 Å². The van der Waals surface area contributed by atoms with E-state index in [0.717, 1.165) is 37.4 Å². The number of nitrogens with zero attached hydrogens (tertiary/aromatic N) is 1. The zero-order valence-corrected chi connectivity index (χ0v) is 18.5. The lowest BCUT2D eigenvalue weighted by atomic mass is 10.2. The van der Waals surface area contributed by atoms with Crippen molar-refractivity contribution in [3.8, 4) is 11.5 Å². The smallest absolute Gasteiger partial charge is 0.195 e. The standard InChI is InChI=1S/C18H31N3O4.HI/c1-5-25-16-9-8-15(14-17(16)23-4)21-18(19-2)20-10-6-7-11-24-13-12-22-3;/h8-9,14H,5-7,10-13H2,1-4H3,(H2,19,20,21);1H. The van der Waals surface area contributed by atoms with Crippen molar-refractivity contribution in [2.45, 2.75) is 19.8 Å². The van der Waals surface area contributed by atoms with E-state index in [1.165, 1.54) is 0 Å². The van der Waals surface area contributed by atoms with Gasteiger partial charge in [-0.1, -0.05) is 0 Å². The first-order valence-electron chi connectivity index (χ1n) is 8.60. The molecule has 0 fully saturated rings. The van der Waals surface area contributed by atoms with Crippen LogP contribution in [-0.4, -0.2) is 60.2 Å². The van der Waals surface area contributed by atoms with Crippen molar-refractivity contribution < 1.29 is 18.9 Å². The summed E-state index contributed by atoms with van der Waals surface area (Å²) in [7, 11) is 5.05. The Hall–Kier alpha value is -1.26. The van der Waals surface area contributed by atoms with Gasteiger partial charge in [0.25, 0.3) is 0 Å². The minimum atomic E-state index is 0. The Morgan fingerprint density at radius 3 is 2.54 bits per heavy atom. The fourth-order valence-corrected chi connectivity index (χ4v) is 2.12. The number of nitrogens with one attached hydrogen (secondary N) is 2. The van der Waals surface area contributed by atoms with Gasteiger partial charge in [-0.3, -0.25) is 4.99 Å². The summed E-state index contributed by atoms with van der Waals surface area (Å²) in [5, 5.41) is 6.53. The molecule has 0 saturated heterocycles. The van der Waals surface area contributed by atoms with Gasteiger partial charge in [0.2, 0.25) is 0 Å². The summed E-state index contributed by atoms with van der Waals surface area (Å²) in [5.74, 6) is 2.13. The molecule has 0 amide bonds. The van der Waals surface area contributed by atoms with Crippen molar-refractivity contribution >= 4 is 35.6 Å². The highest BCUT2D eigenvalue weighted by Gasteiger charge is 2.06. The molecule has 0 aliphatic carbocycles. The molecule has 0 aliphatic rings. The summed E-state index contributed by atoms with van der Waals surface area (Å²) in [4.78, 5) is 4.23. The van der Waals surface area contributed by atoms with Crippen molar-refractivity contribution in [2.24, 2.45) is 4.99 Å². The zero-order valence-electron chi connectivity index (χ0n) is 16.2. The summed E-state index contributed by atoms with van der Waals surface area (Å²) < 4.78 is 21.2. The van der Waals surface area contributed by atoms with E-state index in [-0.39, 0.29) is 24.0 Å². The number of benzene rings is 1. The van der Waals surface area contributed by atoms with Gasteiger partial charge in [0, 0.05) is 39.1 Å². The molecule has 0 spiro atoms. The van der Waals surface area contributed by atoms with Crippen LogP contribution >= 0.6 is 24.0 Å². The summed E-state index contributed by atoms with van der Waals surface area (Å²) in [6.45, 7) is 5.39. The Balaban J connectivity index is 0.00000625. The summed E-state index contributed by atoms with van der Waals surface area (Å²) in [6.07, 6.45) is 1.99. The second-order valence-electron chi connectivity index (χ2n) is 5.23. The molecule has 1 aromatic carbocycles. The maximum Gasteiger partial charge on any atom is 0.195 e. The predicted molar refractivity (Wildman–Crippen MR) is 116 cm³/mol. The molecule has 0 atom stereocenters. The van der Waals surface area contributed by atoms with Crippen molar-refractivity contribution in [3.05, 3.63) is 18.2 Å². The molecule has 1 rings (SSSR count). The second kappa shape index (κ2) is 16.0. The monoisotopic (exact) mass is 481 g/mol. The average Bonchev–Trinajstić information content (AvgIpc) is 2.64. The normalized spacial score (nSPS) is 10.8. The molecule has 150 valence electrons. The molecule has 0 aliphatic heterocycles. The molecule has 7 nitrogen and oxygen atoms in total. The highest BCUT2D eigenvalue weighted by atomic mass is 127. The van der Waals surface area contributed by atoms with E-state index in [0.29, 0.717) is 31.5 Å². The highest BCUT2D eigenvalue weighted by Crippen LogP contribution is 2.30. The molecule has 0 saturated carbocycles. The van der Waals surface area contributed by atoms with Crippen LogP contribution in [0.5, 0.6) is 11.5 Å². The maximum atomic E-state index is 5.52. The lowest BCUT2D eigenvalue weighted by Gasteiger charge is -2.14. The van der Waals surface area contributed by atoms with Crippen LogP contribution in [0.3, 0.4) is 0 Å². The van der Waals surface area contributed by atoms with Crippen LogP contribution in [0, 0.1) is 0 Å². The Labute approximate surface area is 173 Å². The third-order valence-corrected chi connectivity index (χ3v) is 3.39. The minimum absolute atomic E-state index is 0. The quantitative estimate of drug-likeness (QED) is 0.207. The molecule has 0 radical (unpaired) electrons. The number of aliphatic imine (C=N–C) groups is 1. The molecular formula is C18H32IN3O4. The van der Waals surface area contributed by atoms with Gasteiger partial charge in [-0.15, -0.1) is 24.0 Å². The Morgan fingerprint density at radius 1 is 1.08 bits per heavy atom. The van der Waals surface area contributed by atoms with Gasteiger partial charge in [0.05, 0.1) is 26.9 Å². The van der Waals surface area contributed by atoms with Gasteiger partial charge >= 0.3 is 0 Å². The Kier molecular flexibility index (Phi) is 15.2. The number of unbranched alkanes of at least 4 members (excludes halogenated alkanes) is 1. The van der Waals surface area contributed by atoms with Gasteiger partial charge < -0.3 is 29.6 Å². The SMILES string of the molecule is CCOc1ccc(NC(=NC)NCCCCOCCOC)cc1OC.I. The predicted octanol–water partition coefficient (Wildman–Crippen LogP) is 3.14. The van der Waals surface area contributed by atoms with E-state index >= 15 is 0 Å². The number of guanidine groups is 1. The van der Waals surface area contributed by atoms with E-state index in [1.807, 2.05) is 25.1 Å². The van der Waals surface area contributed by atoms with Gasteiger partial charge in [-0.05, 0) is 31.9 Å². The van der Waals surface area contributed by atoms with Crippen molar-refractivity contribution in [1.82, 2.24) is 5.32 Å². The van der Waals surface area contributed by atoms with Crippen LogP contribution < -0.4 is 20.1 Å². The Morgan fingerprint density at radius 2 is 1.88 bits per heavy atom. The molecule has 8 heteroatoms. The van der Waals surface area contributed by atoms with Crippen molar-refractivity contribution in [3.63, 3.8) is 0 Å². The molecule has 0 bridgehead atoms. The number of halogens is 1. The van der Waals surface area contributed by atoms with E-state index in [4.69, 9.17) is 18.9 Å². The number of ether oxygens (including phenoxy) is 4.